The van der Waals surface area contributed by atoms with Crippen molar-refractivity contribution in [2.24, 2.45) is 5.92 Å². The lowest BCUT2D eigenvalue weighted by atomic mass is 9.89. The molecule has 0 bridgehead atoms. The van der Waals surface area contributed by atoms with Crippen molar-refractivity contribution in [1.29, 1.82) is 0 Å². The predicted molar refractivity (Wildman–Crippen MR) is 100 cm³/mol. The Bertz CT molecular complexity index is 861. The monoisotopic (exact) mass is 391 g/mol. The van der Waals surface area contributed by atoms with Gasteiger partial charge >= 0.3 is 0 Å². The van der Waals surface area contributed by atoms with Gasteiger partial charge in [-0.15, -0.1) is 0 Å². The fraction of sp³-hybridized carbons (Fsp3) is 0.579. The molecule has 1 aromatic rings. The molecule has 1 aromatic carbocycles. The third kappa shape index (κ3) is 3.48. The summed E-state index contributed by atoms with van der Waals surface area (Å²) in [4.78, 5) is 29.3. The Morgan fingerprint density at radius 3 is 2.52 bits per heavy atom. The van der Waals surface area contributed by atoms with Gasteiger partial charge in [0.15, 0.2) is 0 Å². The van der Waals surface area contributed by atoms with Crippen molar-refractivity contribution in [2.45, 2.75) is 25.3 Å². The minimum Gasteiger partial charge on any atom is -0.332 e. The van der Waals surface area contributed by atoms with E-state index in [0.29, 0.717) is 39.0 Å². The molecule has 2 amide bonds. The topological polar surface area (TPSA) is 78.0 Å². The van der Waals surface area contributed by atoms with Crippen molar-refractivity contribution >= 4 is 21.8 Å². The van der Waals surface area contributed by atoms with E-state index in [-0.39, 0.29) is 30.3 Å². The highest BCUT2D eigenvalue weighted by atomic mass is 32.2. The summed E-state index contributed by atoms with van der Waals surface area (Å²) < 4.78 is 24.8. The number of piperidine rings is 1. The van der Waals surface area contributed by atoms with Crippen LogP contribution < -0.4 is 0 Å². The van der Waals surface area contributed by atoms with Crippen molar-refractivity contribution in [3.8, 4) is 0 Å². The fourth-order valence-electron chi connectivity index (χ4n) is 4.53. The molecule has 3 aliphatic heterocycles. The lowest BCUT2D eigenvalue weighted by Gasteiger charge is -2.45. The first kappa shape index (κ1) is 18.4. The van der Waals surface area contributed by atoms with Gasteiger partial charge < -0.3 is 9.80 Å². The van der Waals surface area contributed by atoms with E-state index in [1.165, 1.54) is 16.1 Å². The van der Waals surface area contributed by atoms with Crippen LogP contribution in [0.4, 0.5) is 0 Å². The number of sulfonamides is 1. The van der Waals surface area contributed by atoms with Gasteiger partial charge in [-0.2, -0.15) is 0 Å². The van der Waals surface area contributed by atoms with Crippen molar-refractivity contribution in [3.63, 3.8) is 0 Å². The first-order valence-electron chi connectivity index (χ1n) is 9.46. The molecule has 2 fully saturated rings. The van der Waals surface area contributed by atoms with Crippen LogP contribution in [0, 0.1) is 5.92 Å². The average molecular weight is 391 g/mol. The third-order valence-corrected chi connectivity index (χ3v) is 7.34. The average Bonchev–Trinajstić information content (AvgIpc) is 2.66. The van der Waals surface area contributed by atoms with E-state index in [9.17, 15) is 18.0 Å². The number of carbonyl (C=O) groups is 2. The number of hydrogen-bond donors (Lipinski definition) is 0. The molecular formula is C19H25N3O4S. The maximum atomic E-state index is 13.0. The molecule has 4 rings (SSSR count). The second-order valence-corrected chi connectivity index (χ2v) is 9.69. The molecule has 146 valence electrons. The van der Waals surface area contributed by atoms with Crippen LogP contribution >= 0.6 is 0 Å². The number of rotatable bonds is 2. The van der Waals surface area contributed by atoms with Gasteiger partial charge in [0.1, 0.15) is 0 Å². The van der Waals surface area contributed by atoms with Gasteiger partial charge in [0.25, 0.3) is 0 Å². The molecule has 27 heavy (non-hydrogen) atoms. The second kappa shape index (κ2) is 6.91. The van der Waals surface area contributed by atoms with Gasteiger partial charge in [0.05, 0.1) is 18.8 Å². The van der Waals surface area contributed by atoms with E-state index in [4.69, 9.17) is 0 Å². The van der Waals surface area contributed by atoms with Crippen molar-refractivity contribution in [3.05, 3.63) is 35.4 Å². The predicted octanol–water partition coefficient (Wildman–Crippen LogP) is 0.626. The first-order chi connectivity index (χ1) is 12.8. The van der Waals surface area contributed by atoms with E-state index < -0.39 is 10.0 Å². The molecule has 0 aromatic heterocycles. The maximum Gasteiger partial charge on any atom is 0.242 e. The van der Waals surface area contributed by atoms with E-state index in [0.717, 1.165) is 12.0 Å². The SMILES string of the molecule is CS(=O)(=O)N1CCC(C(=O)N2CC(=O)N3CCc4ccccc4C3C2)CC1. The number of carbonyl (C=O) groups excluding carboxylic acids is 2. The van der Waals surface area contributed by atoms with Gasteiger partial charge in [0, 0.05) is 32.1 Å². The number of amides is 2. The molecule has 0 spiro atoms. The van der Waals surface area contributed by atoms with Crippen LogP contribution in [-0.4, -0.2) is 73.3 Å². The summed E-state index contributed by atoms with van der Waals surface area (Å²) in [7, 11) is -3.21. The van der Waals surface area contributed by atoms with Crippen LogP contribution in [-0.2, 0) is 26.0 Å². The summed E-state index contributed by atoms with van der Waals surface area (Å²) >= 11 is 0. The summed E-state index contributed by atoms with van der Waals surface area (Å²) in [6, 6.07) is 8.07. The Balaban J connectivity index is 1.48. The summed E-state index contributed by atoms with van der Waals surface area (Å²) in [5.41, 5.74) is 2.39. The Hall–Kier alpha value is -1.93. The molecule has 2 saturated heterocycles. The Labute approximate surface area is 160 Å². The van der Waals surface area contributed by atoms with Crippen molar-refractivity contribution in [2.75, 3.05) is 39.0 Å². The number of benzene rings is 1. The van der Waals surface area contributed by atoms with E-state index in [2.05, 4.69) is 12.1 Å². The van der Waals surface area contributed by atoms with Crippen LogP contribution in [0.3, 0.4) is 0 Å². The molecule has 3 aliphatic rings. The van der Waals surface area contributed by atoms with Crippen LogP contribution in [0.15, 0.2) is 24.3 Å². The van der Waals surface area contributed by atoms with Crippen LogP contribution in [0.1, 0.15) is 30.0 Å². The molecule has 0 radical (unpaired) electrons. The fourth-order valence-corrected chi connectivity index (χ4v) is 5.41. The summed E-state index contributed by atoms with van der Waals surface area (Å²) in [6.07, 6.45) is 3.09. The zero-order valence-electron chi connectivity index (χ0n) is 15.5. The highest BCUT2D eigenvalue weighted by Gasteiger charge is 2.40. The third-order valence-electron chi connectivity index (χ3n) is 6.04. The summed E-state index contributed by atoms with van der Waals surface area (Å²) in [6.45, 7) is 2.10. The van der Waals surface area contributed by atoms with Gasteiger partial charge in [-0.05, 0) is 30.4 Å². The Morgan fingerprint density at radius 1 is 1.11 bits per heavy atom. The lowest BCUT2D eigenvalue weighted by molar-refractivity contribution is -0.152. The molecule has 7 nitrogen and oxygen atoms in total. The molecule has 1 unspecified atom stereocenters. The number of nitrogens with zero attached hydrogens (tertiary/aromatic N) is 3. The smallest absolute Gasteiger partial charge is 0.242 e. The van der Waals surface area contributed by atoms with Gasteiger partial charge in [-0.1, -0.05) is 24.3 Å². The first-order valence-corrected chi connectivity index (χ1v) is 11.3. The molecule has 0 saturated carbocycles. The highest BCUT2D eigenvalue weighted by Crippen LogP contribution is 2.34. The summed E-state index contributed by atoms with van der Waals surface area (Å²) in [5, 5.41) is 0. The van der Waals surface area contributed by atoms with E-state index in [1.807, 2.05) is 17.0 Å². The molecular weight excluding hydrogens is 366 g/mol. The molecule has 0 N–H and O–H groups in total. The highest BCUT2D eigenvalue weighted by molar-refractivity contribution is 7.88. The minimum atomic E-state index is -3.21. The number of piperazine rings is 1. The molecule has 8 heteroatoms. The van der Waals surface area contributed by atoms with E-state index in [1.54, 1.807) is 4.90 Å². The van der Waals surface area contributed by atoms with Gasteiger partial charge in [0.2, 0.25) is 21.8 Å². The van der Waals surface area contributed by atoms with Crippen LogP contribution in [0.25, 0.3) is 0 Å². The Kier molecular flexibility index (Phi) is 4.71. The zero-order chi connectivity index (χ0) is 19.2. The maximum absolute atomic E-state index is 13.0. The summed E-state index contributed by atoms with van der Waals surface area (Å²) in [5.74, 6) is -0.219. The zero-order valence-corrected chi connectivity index (χ0v) is 16.3. The number of fused-ring (bicyclic) bond motifs is 3. The quantitative estimate of drug-likeness (QED) is 0.741. The molecule has 0 aliphatic carbocycles. The minimum absolute atomic E-state index is 0.00248. The second-order valence-electron chi connectivity index (χ2n) is 7.71. The standard InChI is InChI=1S/C19H25N3O4S/c1-27(25,26)21-9-6-15(7-10-21)19(24)20-12-17-16-5-3-2-4-14(16)8-11-22(17)18(23)13-20/h2-5,15,17H,6-13H2,1H3. The van der Waals surface area contributed by atoms with Crippen molar-refractivity contribution < 1.29 is 18.0 Å². The van der Waals surface area contributed by atoms with Crippen molar-refractivity contribution in [1.82, 2.24) is 14.1 Å². The van der Waals surface area contributed by atoms with E-state index >= 15 is 0 Å². The van der Waals surface area contributed by atoms with Crippen LogP contribution in [0.2, 0.25) is 0 Å². The number of hydrogen-bond acceptors (Lipinski definition) is 4. The molecule has 1 atom stereocenters. The van der Waals surface area contributed by atoms with Gasteiger partial charge in [-0.25, -0.2) is 12.7 Å². The molecule has 3 heterocycles. The Morgan fingerprint density at radius 2 is 1.81 bits per heavy atom. The largest absolute Gasteiger partial charge is 0.332 e. The van der Waals surface area contributed by atoms with Crippen LogP contribution in [0.5, 0.6) is 0 Å². The normalized spacial score (nSPS) is 24.5. The lowest BCUT2D eigenvalue weighted by Crippen LogP contribution is -2.57. The van der Waals surface area contributed by atoms with Gasteiger partial charge in [-0.3, -0.25) is 9.59 Å².